The first-order chi connectivity index (χ1) is 11.1. The lowest BCUT2D eigenvalue weighted by molar-refractivity contribution is 0.111. The number of benzene rings is 1. The van der Waals surface area contributed by atoms with E-state index in [0.717, 1.165) is 29.7 Å². The molecule has 5 nitrogen and oxygen atoms in total. The molecule has 24 heavy (non-hydrogen) atoms. The third-order valence-corrected chi connectivity index (χ3v) is 6.47. The van der Waals surface area contributed by atoms with E-state index in [0.29, 0.717) is 23.4 Å². The van der Waals surface area contributed by atoms with Gasteiger partial charge in [-0.1, -0.05) is 24.6 Å². The van der Waals surface area contributed by atoms with E-state index in [4.69, 9.17) is 0 Å². The first-order valence-corrected chi connectivity index (χ1v) is 10.1. The van der Waals surface area contributed by atoms with Crippen molar-refractivity contribution in [1.82, 2.24) is 9.62 Å². The van der Waals surface area contributed by atoms with E-state index in [2.05, 4.69) is 23.5 Å². The number of aliphatic hydroxyl groups excluding tert-OH is 1. The van der Waals surface area contributed by atoms with Gasteiger partial charge in [-0.15, -0.1) is 0 Å². The minimum Gasteiger partial charge on any atom is -0.390 e. The number of rotatable bonds is 6. The van der Waals surface area contributed by atoms with E-state index in [1.807, 2.05) is 19.1 Å². The molecule has 0 aliphatic carbocycles. The fourth-order valence-electron chi connectivity index (χ4n) is 3.84. The van der Waals surface area contributed by atoms with Gasteiger partial charge in [0.15, 0.2) is 0 Å². The highest BCUT2D eigenvalue weighted by atomic mass is 32.2. The number of β-amino-alcohol motifs (C(OH)–C–C–N with tert-alkyl or cyclic N) is 1. The molecule has 1 heterocycles. The molecule has 6 heteroatoms. The quantitative estimate of drug-likeness (QED) is 0.820. The van der Waals surface area contributed by atoms with Crippen LogP contribution in [-0.4, -0.2) is 50.2 Å². The van der Waals surface area contributed by atoms with Gasteiger partial charge in [0, 0.05) is 25.7 Å². The molecule has 1 aromatic rings. The second-order valence-electron chi connectivity index (χ2n) is 7.38. The normalized spacial score (nSPS) is 23.6. The molecule has 1 saturated heterocycles. The summed E-state index contributed by atoms with van der Waals surface area (Å²) in [5.41, 5.74) is 2.51. The van der Waals surface area contributed by atoms with Gasteiger partial charge in [0.1, 0.15) is 0 Å². The zero-order chi connectivity index (χ0) is 18.1. The van der Waals surface area contributed by atoms with E-state index in [9.17, 15) is 13.5 Å². The maximum atomic E-state index is 12.6. The molecule has 0 saturated carbocycles. The molecule has 0 radical (unpaired) electrons. The minimum atomic E-state index is -3.62. The van der Waals surface area contributed by atoms with Gasteiger partial charge >= 0.3 is 0 Å². The summed E-state index contributed by atoms with van der Waals surface area (Å²) >= 11 is 0. The summed E-state index contributed by atoms with van der Waals surface area (Å²) in [5, 5.41) is 10.2. The Labute approximate surface area is 146 Å². The molecule has 3 atom stereocenters. The Morgan fingerprint density at radius 2 is 1.83 bits per heavy atom. The lowest BCUT2D eigenvalue weighted by atomic mass is 10.1. The zero-order valence-electron chi connectivity index (χ0n) is 15.3. The molecule has 2 N–H and O–H groups in total. The van der Waals surface area contributed by atoms with Crippen molar-refractivity contribution >= 4 is 10.0 Å². The van der Waals surface area contributed by atoms with Gasteiger partial charge in [-0.2, -0.15) is 0 Å². The lowest BCUT2D eigenvalue weighted by Gasteiger charge is -2.24. The molecule has 1 aliphatic heterocycles. The van der Waals surface area contributed by atoms with E-state index < -0.39 is 16.1 Å². The Morgan fingerprint density at radius 1 is 1.25 bits per heavy atom. The van der Waals surface area contributed by atoms with Crippen LogP contribution in [0.1, 0.15) is 37.0 Å². The fraction of sp³-hybridized carbons (Fsp3) is 0.667. The predicted molar refractivity (Wildman–Crippen MR) is 96.7 cm³/mol. The number of sulfonamides is 1. The Kier molecular flexibility index (Phi) is 6.07. The molecule has 2 rings (SSSR count). The average Bonchev–Trinajstić information content (AvgIpc) is 2.73. The highest BCUT2D eigenvalue weighted by molar-refractivity contribution is 7.89. The molecule has 0 aromatic heterocycles. The van der Waals surface area contributed by atoms with Crippen LogP contribution in [0.3, 0.4) is 0 Å². The van der Waals surface area contributed by atoms with Gasteiger partial charge in [-0.3, -0.25) is 4.90 Å². The van der Waals surface area contributed by atoms with Crippen molar-refractivity contribution < 1.29 is 13.5 Å². The molecule has 0 spiro atoms. The van der Waals surface area contributed by atoms with E-state index in [1.165, 1.54) is 0 Å². The van der Waals surface area contributed by atoms with Crippen LogP contribution in [0.2, 0.25) is 0 Å². The number of aryl methyl sites for hydroxylation is 3. The van der Waals surface area contributed by atoms with Crippen LogP contribution in [0, 0.1) is 26.7 Å². The zero-order valence-corrected chi connectivity index (χ0v) is 16.2. The second-order valence-corrected chi connectivity index (χ2v) is 9.08. The summed E-state index contributed by atoms with van der Waals surface area (Å²) in [6, 6.07) is 4.17. The van der Waals surface area contributed by atoms with Gasteiger partial charge < -0.3 is 5.11 Å². The van der Waals surface area contributed by atoms with Crippen LogP contribution < -0.4 is 4.72 Å². The second kappa shape index (κ2) is 7.52. The first kappa shape index (κ1) is 19.4. The largest absolute Gasteiger partial charge is 0.390 e. The smallest absolute Gasteiger partial charge is 0.241 e. The minimum absolute atomic E-state index is 0.0344. The molecular weight excluding hydrogens is 324 g/mol. The monoisotopic (exact) mass is 354 g/mol. The maximum absolute atomic E-state index is 12.6. The summed E-state index contributed by atoms with van der Waals surface area (Å²) in [5.74, 6) is 0.627. The van der Waals surface area contributed by atoms with Gasteiger partial charge in [-0.25, -0.2) is 13.1 Å². The molecule has 136 valence electrons. The van der Waals surface area contributed by atoms with Gasteiger partial charge in [0.2, 0.25) is 10.0 Å². The number of hydrogen-bond donors (Lipinski definition) is 2. The topological polar surface area (TPSA) is 69.6 Å². The summed E-state index contributed by atoms with van der Waals surface area (Å²) in [7, 11) is -3.62. The van der Waals surface area contributed by atoms with Crippen LogP contribution in [0.5, 0.6) is 0 Å². The number of hydrogen-bond acceptors (Lipinski definition) is 4. The Bertz CT molecular complexity index is 664. The third kappa shape index (κ3) is 4.57. The Hall–Kier alpha value is -0.950. The standard InChI is InChI=1S/C18H30N2O3S/c1-12-6-14(3)18(15(4)7-12)24(22,23)19-9-17(21)11-20-10-13(2)8-16(20)5/h6-7,13,16-17,19,21H,8-11H2,1-5H3/t13?,16?,17-/m1/s1. The van der Waals surface area contributed by atoms with Crippen LogP contribution in [0.25, 0.3) is 0 Å². The van der Waals surface area contributed by atoms with Gasteiger partial charge in [0.05, 0.1) is 11.0 Å². The van der Waals surface area contributed by atoms with Crippen LogP contribution in [-0.2, 0) is 10.0 Å². The number of likely N-dealkylation sites (tertiary alicyclic amines) is 1. The van der Waals surface area contributed by atoms with Crippen molar-refractivity contribution in [1.29, 1.82) is 0 Å². The number of nitrogens with one attached hydrogen (secondary N) is 1. The van der Waals surface area contributed by atoms with Crippen molar-refractivity contribution in [3.63, 3.8) is 0 Å². The molecule has 1 fully saturated rings. The average molecular weight is 355 g/mol. The molecule has 1 aliphatic rings. The summed E-state index contributed by atoms with van der Waals surface area (Å²) in [6.45, 7) is 11.4. The molecule has 1 aromatic carbocycles. The third-order valence-electron chi connectivity index (χ3n) is 4.74. The number of aliphatic hydroxyl groups is 1. The highest BCUT2D eigenvalue weighted by Gasteiger charge is 2.28. The van der Waals surface area contributed by atoms with Crippen molar-refractivity contribution in [2.75, 3.05) is 19.6 Å². The van der Waals surface area contributed by atoms with E-state index >= 15 is 0 Å². The molecular formula is C18H30N2O3S. The van der Waals surface area contributed by atoms with E-state index in [-0.39, 0.29) is 6.54 Å². The van der Waals surface area contributed by atoms with Gasteiger partial charge in [0.25, 0.3) is 0 Å². The predicted octanol–water partition coefficient (Wildman–Crippen LogP) is 1.98. The molecule has 0 amide bonds. The summed E-state index contributed by atoms with van der Waals surface area (Å²) in [6.07, 6.45) is 0.416. The number of nitrogens with zero attached hydrogens (tertiary/aromatic N) is 1. The van der Waals surface area contributed by atoms with Crippen LogP contribution >= 0.6 is 0 Å². The van der Waals surface area contributed by atoms with Crippen molar-refractivity contribution in [2.24, 2.45) is 5.92 Å². The molecule has 2 unspecified atom stereocenters. The Morgan fingerprint density at radius 3 is 2.33 bits per heavy atom. The van der Waals surface area contributed by atoms with Gasteiger partial charge in [-0.05, 0) is 51.2 Å². The van der Waals surface area contributed by atoms with Crippen molar-refractivity contribution in [3.8, 4) is 0 Å². The lowest BCUT2D eigenvalue weighted by Crippen LogP contribution is -2.41. The van der Waals surface area contributed by atoms with E-state index in [1.54, 1.807) is 13.8 Å². The SMILES string of the molecule is Cc1cc(C)c(S(=O)(=O)NC[C@@H](O)CN2CC(C)CC2C)c(C)c1. The van der Waals surface area contributed by atoms with Crippen molar-refractivity contribution in [2.45, 2.75) is 58.1 Å². The summed E-state index contributed by atoms with van der Waals surface area (Å²) in [4.78, 5) is 2.55. The van der Waals surface area contributed by atoms with Crippen LogP contribution in [0.15, 0.2) is 17.0 Å². The first-order valence-electron chi connectivity index (χ1n) is 8.59. The molecule has 0 bridgehead atoms. The highest BCUT2D eigenvalue weighted by Crippen LogP contribution is 2.23. The van der Waals surface area contributed by atoms with Crippen LogP contribution in [0.4, 0.5) is 0 Å². The summed E-state index contributed by atoms with van der Waals surface area (Å²) < 4.78 is 27.8. The fourth-order valence-corrected chi connectivity index (χ4v) is 5.37. The van der Waals surface area contributed by atoms with Crippen molar-refractivity contribution in [3.05, 3.63) is 28.8 Å². The Balaban J connectivity index is 2.00. The maximum Gasteiger partial charge on any atom is 0.241 e.